The number of carbonyl (C=O) groups excluding carboxylic acids is 9. The normalized spacial score (nSPS) is 29.3. The van der Waals surface area contributed by atoms with Crippen LogP contribution in [0.2, 0.25) is 0 Å². The van der Waals surface area contributed by atoms with Crippen LogP contribution in [0.5, 0.6) is 34.9 Å². The van der Waals surface area contributed by atoms with Crippen LogP contribution in [0.4, 0.5) is 80.2 Å². The molecule has 6 fully saturated rings. The maximum absolute atomic E-state index is 15.9. The molecule has 3 aliphatic carbocycles. The fourth-order valence-electron chi connectivity index (χ4n) is 18.9. The molecule has 0 spiro atoms. The number of halogens is 15. The van der Waals surface area contributed by atoms with Crippen LogP contribution in [0.15, 0.2) is 54.6 Å². The van der Waals surface area contributed by atoms with Gasteiger partial charge in [-0.2, -0.15) is 26.3 Å². The van der Waals surface area contributed by atoms with Gasteiger partial charge in [0.15, 0.2) is 17.1 Å². The zero-order valence-electron chi connectivity index (χ0n) is 80.0. The molecule has 6 bridgehead atoms. The minimum absolute atomic E-state index is 0. The average Bonchev–Trinajstić information content (AvgIpc) is 1.47. The smallest absolute Gasteiger partial charge is 0.540 e. The molecule has 30 nitrogen and oxygen atoms in total. The van der Waals surface area contributed by atoms with Crippen molar-refractivity contribution in [1.29, 1.82) is 0 Å². The number of nitrogens with one attached hydrogen (secondary N) is 3. The van der Waals surface area contributed by atoms with E-state index in [1.165, 1.54) is 14.7 Å². The Morgan fingerprint density at radius 1 is 0.408 bits per heavy atom. The number of aromatic nitrogens is 6. The van der Waals surface area contributed by atoms with E-state index in [4.69, 9.17) is 28.4 Å². The first-order chi connectivity index (χ1) is 64.7. The molecule has 3 saturated heterocycles. The third kappa shape index (κ3) is 27.0. The van der Waals surface area contributed by atoms with Crippen molar-refractivity contribution in [3.8, 4) is 34.9 Å². The molecule has 6 aliphatic heterocycles. The molecule has 142 heavy (non-hydrogen) atoms. The Balaban J connectivity index is 0.000000217. The van der Waals surface area contributed by atoms with E-state index >= 15 is 26.3 Å². The summed E-state index contributed by atoms with van der Waals surface area (Å²) >= 11 is 0. The van der Waals surface area contributed by atoms with E-state index in [9.17, 15) is 82.7 Å². The number of hydrogen-bond donors (Lipinski definition) is 3. The molecule has 18 atom stereocenters. The number of alkyl carbamates (subject to hydrolysis) is 3. The van der Waals surface area contributed by atoms with Gasteiger partial charge in [0.25, 0.3) is 17.8 Å². The molecule has 3 aromatic carbocycles. The predicted octanol–water partition coefficient (Wildman–Crippen LogP) is 17.8. The first-order valence-electron chi connectivity index (χ1n) is 46.0. The minimum Gasteiger partial charge on any atom is -0.540 e. The van der Waals surface area contributed by atoms with E-state index in [1.54, 1.807) is 96.9 Å². The van der Waals surface area contributed by atoms with E-state index in [-0.39, 0.29) is 158 Å². The molecule has 6 aromatic rings. The summed E-state index contributed by atoms with van der Waals surface area (Å²) in [6, 6.07) is 2.03. The van der Waals surface area contributed by atoms with Gasteiger partial charge in [0, 0.05) is 105 Å². The van der Waals surface area contributed by atoms with Crippen molar-refractivity contribution in [1.82, 2.24) is 60.6 Å². The number of carbonyl (C=O) groups is 6. The van der Waals surface area contributed by atoms with Crippen molar-refractivity contribution < 1.29 is 207 Å². The third-order valence-corrected chi connectivity index (χ3v) is 27.0. The molecule has 3 saturated carbocycles. The van der Waals surface area contributed by atoms with Crippen LogP contribution in [-0.4, -0.2) is 210 Å². The third-order valence-electron chi connectivity index (χ3n) is 27.0. The van der Waals surface area contributed by atoms with Gasteiger partial charge in [-0.1, -0.05) is 133 Å². The van der Waals surface area contributed by atoms with Gasteiger partial charge in [-0.05, 0) is 148 Å². The van der Waals surface area contributed by atoms with Crippen LogP contribution < -0.4 is 44.4 Å². The van der Waals surface area contributed by atoms with Crippen LogP contribution >= 0.6 is 0 Å². The molecule has 9 aliphatic rings. The van der Waals surface area contributed by atoms with Crippen LogP contribution in [-0.2, 0) is 116 Å². The SMILES string of the molecule is CC[C@@H]1[C@@H]2CN(C(=O)[C@H](C(C)(C)C)NC(=O)O[C@@H]3C[C@H]3CCCCC(F)(F)c3nc4ccc(OC(F)(F)F)cc4nc3O2)[C@@H]1[C-]=O.CC[C@@H]1[C@@H]2CN(C(=O)[C@H](C(C)(C)C)NC(=O)O[C@]3(C)C[C@H]3CCCCC(F)(F)c3nc4ccc(OC(F)(F)F)cc4nc3O2)[C@@H]1[C-]=O.C[C@@H]1[C@@H]2CN(C(=O)[C@H](C(C)(C)C)NC(=O)O[C@]3(C)C[C@H]3CCCCC(F)(F)c3nc4ccc(OC(F)(F)F)cc4nc3O2)[C@@H]1[C-]=O.[V].[V].[V]. The summed E-state index contributed by atoms with van der Waals surface area (Å²) in [4.78, 5) is 146. The molecular formula is C94H110F15N12O18V3-3. The summed E-state index contributed by atoms with van der Waals surface area (Å²) in [5.41, 5.74) is -7.40. The molecule has 3 aromatic heterocycles. The fourth-order valence-corrected chi connectivity index (χ4v) is 18.9. The van der Waals surface area contributed by atoms with Crippen molar-refractivity contribution in [2.45, 2.75) is 315 Å². The first kappa shape index (κ1) is 114. The Kier molecular flexibility index (Phi) is 35.1. The Labute approximate surface area is 843 Å². The van der Waals surface area contributed by atoms with Gasteiger partial charge >= 0.3 is 37.4 Å². The number of fused-ring (bicyclic) bond motifs is 15. The van der Waals surface area contributed by atoms with Crippen LogP contribution in [0.1, 0.15) is 223 Å². The predicted molar refractivity (Wildman–Crippen MR) is 463 cm³/mol. The molecule has 3 N–H and O–H groups in total. The second kappa shape index (κ2) is 43.6. The number of benzene rings is 3. The summed E-state index contributed by atoms with van der Waals surface area (Å²) in [6.45, 7) is 23.4. The molecular weight excluding hydrogens is 2020 g/mol. The van der Waals surface area contributed by atoms with Gasteiger partial charge in [0.05, 0.1) is 52.7 Å². The molecule has 9 heterocycles. The summed E-state index contributed by atoms with van der Waals surface area (Å²) < 4.78 is 258. The molecule has 6 amide bonds. The second-order valence-corrected chi connectivity index (χ2v) is 40.7. The quantitative estimate of drug-likeness (QED) is 0.0724. The molecule has 15 rings (SSSR count). The monoisotopic (exact) mass is 2130 g/mol. The van der Waals surface area contributed by atoms with Crippen molar-refractivity contribution in [3.63, 3.8) is 0 Å². The van der Waals surface area contributed by atoms with Gasteiger partial charge in [-0.25, -0.2) is 63.1 Å². The van der Waals surface area contributed by atoms with Gasteiger partial charge in [-0.15, -0.1) is 39.5 Å². The Morgan fingerprint density at radius 2 is 0.711 bits per heavy atom. The fraction of sp³-hybridized carbons (Fsp3) is 0.649. The zero-order valence-corrected chi connectivity index (χ0v) is 84.2. The number of rotatable bonds is 8. The Morgan fingerprint density at radius 3 is 1.02 bits per heavy atom. The van der Waals surface area contributed by atoms with Crippen LogP contribution in [0.3, 0.4) is 0 Å². The maximum Gasteiger partial charge on any atom is 0.573 e. The van der Waals surface area contributed by atoms with Crippen molar-refractivity contribution in [2.24, 2.45) is 51.8 Å². The minimum atomic E-state index is -5.00. The standard InChI is InChI=1S/C32H38F5N4O6.2C31H36F5N4O6.3V/c1-6-19-22(16-42)41-15-23(19)45-26-24(38-20-11-10-18(13-21(20)39-26)46-32(35,36)37)31(33,34)12-8-7-9-17-14-30(17,5)47-28(44)40-25(27(41)43)29(2,3)4;1-16-21(15-41)40-14-22(16)44-25-23(37-19-10-9-18(12-20(19)38-25)45-31(34,35)36)30(32,33)11-7-6-8-17-13-29(17,5)46-27(43)39-24(26(40)42)28(2,3)4;1-5-18-21(15-41)40-14-23(18)44-26-24(37-19-10-9-17(13-20(19)38-26)46-31(34,35)36)30(32,33)11-7-6-8-16-12-22(16)45-28(43)39-25(27(40)42)29(2,3)4;;;/h10-11,13,17,19,22-23,25H,6-9,12,14-15H2,1-5H3,(H,40,44);9-10,12,16-17,21-22,24H,6-8,11,13-14H2,1-5H3,(H,39,43);9-10,13,16,18,21-23,25H,5-8,11-12,14H2,1-4H3,(H,39,43);;;/q3*-1;;;/t17-,19+,22-,23+,25-,30-;16-,17+,21+,22-,24+,29+;16-,18+,21-,22-,23+,25-;;;/m101.../s1. The number of nitrogens with zero attached hydrogens (tertiary/aromatic N) is 9. The molecule has 777 valence electrons. The van der Waals surface area contributed by atoms with E-state index in [0.29, 0.717) is 57.8 Å². The number of hydrogen-bond acceptors (Lipinski definition) is 24. The largest absolute Gasteiger partial charge is 0.573 e. The second-order valence-electron chi connectivity index (χ2n) is 40.7. The average molecular weight is 2130 g/mol. The molecule has 48 heteroatoms. The summed E-state index contributed by atoms with van der Waals surface area (Å²) in [5.74, 6) is -18.6. The number of amides is 6. The topological polar surface area (TPSA) is 360 Å². The Bertz CT molecular complexity index is 5610. The van der Waals surface area contributed by atoms with Gasteiger partial charge in [0.2, 0.25) is 35.4 Å². The van der Waals surface area contributed by atoms with Gasteiger partial charge < -0.3 is 87.7 Å². The van der Waals surface area contributed by atoms with Crippen molar-refractivity contribution in [2.75, 3.05) is 19.6 Å². The van der Waals surface area contributed by atoms with E-state index < -0.39 is 250 Å². The molecule has 3 radical (unpaired) electrons. The van der Waals surface area contributed by atoms with E-state index in [0.717, 1.165) is 54.6 Å². The van der Waals surface area contributed by atoms with Gasteiger partial charge in [0.1, 0.15) is 71.0 Å². The number of alkyl halides is 15. The summed E-state index contributed by atoms with van der Waals surface area (Å²) in [5, 5.41) is 8.01. The van der Waals surface area contributed by atoms with Crippen molar-refractivity contribution in [3.05, 3.63) is 71.7 Å². The van der Waals surface area contributed by atoms with Gasteiger partial charge in [-0.3, -0.25) is 14.4 Å². The van der Waals surface area contributed by atoms with E-state index in [1.807, 2.05) is 18.9 Å². The summed E-state index contributed by atoms with van der Waals surface area (Å²) in [6.07, 6.45) is -12.1. The summed E-state index contributed by atoms with van der Waals surface area (Å²) in [7, 11) is 0. The van der Waals surface area contributed by atoms with Crippen LogP contribution in [0, 0.1) is 51.8 Å². The molecule has 0 unspecified atom stereocenters. The van der Waals surface area contributed by atoms with E-state index in [2.05, 4.69) is 60.1 Å². The van der Waals surface area contributed by atoms with Crippen molar-refractivity contribution >= 4 is 88.0 Å². The van der Waals surface area contributed by atoms with Crippen LogP contribution in [0.25, 0.3) is 33.1 Å². The zero-order chi connectivity index (χ0) is 102. The maximum atomic E-state index is 15.9. The Hall–Kier alpha value is -9.59. The first-order valence-corrected chi connectivity index (χ1v) is 46.0. The number of ether oxygens (including phenoxy) is 9.